The molecule has 0 aromatic carbocycles. The molecule has 1 unspecified atom stereocenters. The zero-order valence-corrected chi connectivity index (χ0v) is 14.8. The molecule has 1 atom stereocenters. The summed E-state index contributed by atoms with van der Waals surface area (Å²) in [5, 5.41) is 0.970. The minimum atomic E-state index is -3.00. The van der Waals surface area contributed by atoms with Crippen molar-refractivity contribution in [3.63, 3.8) is 0 Å². The van der Waals surface area contributed by atoms with Gasteiger partial charge in [-0.2, -0.15) is 0 Å². The Hall–Kier alpha value is -1.67. The molecule has 7 nitrogen and oxygen atoms in total. The van der Waals surface area contributed by atoms with Crippen molar-refractivity contribution in [2.75, 3.05) is 36.1 Å². The number of ether oxygens (including phenoxy) is 1. The smallest absolute Gasteiger partial charge is 0.153 e. The molecule has 1 N–H and O–H groups in total. The van der Waals surface area contributed by atoms with Gasteiger partial charge in [0.05, 0.1) is 23.5 Å². The molecule has 2 fully saturated rings. The molecule has 0 amide bonds. The van der Waals surface area contributed by atoms with Crippen molar-refractivity contribution in [3.8, 4) is 0 Å². The van der Waals surface area contributed by atoms with E-state index in [1.54, 1.807) is 0 Å². The maximum atomic E-state index is 11.9. The number of rotatable bonds is 2. The summed E-state index contributed by atoms with van der Waals surface area (Å²) < 4.78 is 29.8. The molecule has 2 aromatic heterocycles. The fourth-order valence-electron chi connectivity index (χ4n) is 3.59. The van der Waals surface area contributed by atoms with E-state index >= 15 is 0 Å². The van der Waals surface area contributed by atoms with Crippen molar-refractivity contribution in [2.24, 2.45) is 0 Å². The average molecular weight is 350 g/mol. The van der Waals surface area contributed by atoms with Crippen LogP contribution in [0.15, 0.2) is 12.3 Å². The topological polar surface area (TPSA) is 88.2 Å². The van der Waals surface area contributed by atoms with Gasteiger partial charge in [-0.15, -0.1) is 0 Å². The number of hydrogen-bond acceptors (Lipinski definition) is 6. The van der Waals surface area contributed by atoms with E-state index in [2.05, 4.69) is 28.7 Å². The summed E-state index contributed by atoms with van der Waals surface area (Å²) in [6.07, 6.45) is 2.42. The molecule has 1 spiro atoms. The molecule has 4 heterocycles. The van der Waals surface area contributed by atoms with Gasteiger partial charge in [-0.3, -0.25) is 0 Å². The van der Waals surface area contributed by atoms with Gasteiger partial charge in [0.15, 0.2) is 9.84 Å². The molecule has 24 heavy (non-hydrogen) atoms. The fraction of sp³-hybridized carbons (Fsp3) is 0.625. The zero-order chi connectivity index (χ0) is 16.9. The first-order valence-electron chi connectivity index (χ1n) is 8.32. The van der Waals surface area contributed by atoms with E-state index in [0.717, 1.165) is 22.7 Å². The van der Waals surface area contributed by atoms with Gasteiger partial charge < -0.3 is 14.6 Å². The third kappa shape index (κ3) is 2.67. The van der Waals surface area contributed by atoms with Gasteiger partial charge in [-0.05, 0) is 12.5 Å². The second kappa shape index (κ2) is 5.42. The van der Waals surface area contributed by atoms with Crippen LogP contribution in [0.2, 0.25) is 0 Å². The highest BCUT2D eigenvalue weighted by Crippen LogP contribution is 2.34. The highest BCUT2D eigenvalue weighted by atomic mass is 32.2. The SMILES string of the molecule is CC(C)c1nc(N2CCOC3(CCS(=O)(=O)C3)C2)c2cc[nH]c2n1. The number of nitrogens with zero attached hydrogens (tertiary/aromatic N) is 3. The quantitative estimate of drug-likeness (QED) is 0.882. The number of sulfone groups is 1. The lowest BCUT2D eigenvalue weighted by Crippen LogP contribution is -2.53. The molecular weight excluding hydrogens is 328 g/mol. The van der Waals surface area contributed by atoms with Crippen molar-refractivity contribution in [1.29, 1.82) is 0 Å². The van der Waals surface area contributed by atoms with E-state index in [1.165, 1.54) is 0 Å². The normalized spacial score (nSPS) is 26.7. The lowest BCUT2D eigenvalue weighted by molar-refractivity contribution is -0.0361. The molecular formula is C16H22N4O3S. The third-order valence-electron chi connectivity index (χ3n) is 4.83. The van der Waals surface area contributed by atoms with Crippen LogP contribution in [0.5, 0.6) is 0 Å². The number of anilines is 1. The Morgan fingerprint density at radius 1 is 1.38 bits per heavy atom. The third-order valence-corrected chi connectivity index (χ3v) is 6.62. The van der Waals surface area contributed by atoms with Gasteiger partial charge in [0, 0.05) is 25.2 Å². The summed E-state index contributed by atoms with van der Waals surface area (Å²) >= 11 is 0. The summed E-state index contributed by atoms with van der Waals surface area (Å²) in [4.78, 5) is 14.7. The summed E-state index contributed by atoms with van der Waals surface area (Å²) in [6, 6.07) is 1.97. The van der Waals surface area contributed by atoms with Gasteiger partial charge in [0.2, 0.25) is 0 Å². The standard InChI is InChI=1S/C16H22N4O3S/c1-11(2)13-18-14-12(3-5-17-14)15(19-13)20-6-7-23-16(9-20)4-8-24(21,22)10-16/h3,5,11H,4,6-10H2,1-2H3,(H,17,18,19). The van der Waals surface area contributed by atoms with Crippen molar-refractivity contribution in [1.82, 2.24) is 15.0 Å². The number of fused-ring (bicyclic) bond motifs is 1. The number of hydrogen-bond donors (Lipinski definition) is 1. The van der Waals surface area contributed by atoms with E-state index in [0.29, 0.717) is 26.1 Å². The van der Waals surface area contributed by atoms with Gasteiger partial charge in [-0.25, -0.2) is 18.4 Å². The lowest BCUT2D eigenvalue weighted by atomic mass is 10.0. The minimum Gasteiger partial charge on any atom is -0.370 e. The van der Waals surface area contributed by atoms with Crippen LogP contribution in [0.25, 0.3) is 11.0 Å². The highest BCUT2D eigenvalue weighted by Gasteiger charge is 2.46. The Morgan fingerprint density at radius 2 is 2.21 bits per heavy atom. The van der Waals surface area contributed by atoms with Crippen LogP contribution < -0.4 is 4.90 Å². The second-order valence-electron chi connectivity index (χ2n) is 7.10. The number of morpholine rings is 1. The maximum absolute atomic E-state index is 11.9. The first-order chi connectivity index (χ1) is 11.4. The summed E-state index contributed by atoms with van der Waals surface area (Å²) in [5.74, 6) is 2.20. The minimum absolute atomic E-state index is 0.106. The van der Waals surface area contributed by atoms with Crippen LogP contribution in [-0.2, 0) is 14.6 Å². The summed E-state index contributed by atoms with van der Waals surface area (Å²) in [6.45, 7) is 5.91. The van der Waals surface area contributed by atoms with Crippen molar-refractivity contribution in [3.05, 3.63) is 18.1 Å². The predicted molar refractivity (Wildman–Crippen MR) is 92.1 cm³/mol. The molecule has 0 bridgehead atoms. The van der Waals surface area contributed by atoms with E-state index in [-0.39, 0.29) is 17.4 Å². The molecule has 2 aliphatic heterocycles. The first-order valence-corrected chi connectivity index (χ1v) is 10.1. The summed E-state index contributed by atoms with van der Waals surface area (Å²) in [5.41, 5.74) is 0.228. The van der Waals surface area contributed by atoms with Gasteiger partial charge >= 0.3 is 0 Å². The number of nitrogens with one attached hydrogen (secondary N) is 1. The van der Waals surface area contributed by atoms with Crippen LogP contribution in [-0.4, -0.2) is 60.2 Å². The van der Waals surface area contributed by atoms with E-state index < -0.39 is 15.4 Å². The van der Waals surface area contributed by atoms with Gasteiger partial charge in [-0.1, -0.05) is 13.8 Å². The molecule has 4 rings (SSSR count). The van der Waals surface area contributed by atoms with Crippen LogP contribution in [0.4, 0.5) is 5.82 Å². The molecule has 2 aliphatic rings. The fourth-order valence-corrected chi connectivity index (χ4v) is 5.54. The van der Waals surface area contributed by atoms with Gasteiger partial charge in [0.25, 0.3) is 0 Å². The van der Waals surface area contributed by atoms with E-state index in [9.17, 15) is 8.42 Å². The Kier molecular flexibility index (Phi) is 3.58. The largest absolute Gasteiger partial charge is 0.370 e. The predicted octanol–water partition coefficient (Wildman–Crippen LogP) is 1.48. The zero-order valence-electron chi connectivity index (χ0n) is 13.9. The summed E-state index contributed by atoms with van der Waals surface area (Å²) in [7, 11) is -3.00. The Balaban J connectivity index is 1.73. The molecule has 0 radical (unpaired) electrons. The first kappa shape index (κ1) is 15.8. The number of H-pyrrole nitrogens is 1. The molecule has 130 valence electrons. The van der Waals surface area contributed by atoms with Gasteiger partial charge in [0.1, 0.15) is 22.9 Å². The van der Waals surface area contributed by atoms with Crippen molar-refractivity contribution in [2.45, 2.75) is 31.8 Å². The molecule has 0 saturated carbocycles. The molecule has 2 aromatic rings. The van der Waals surface area contributed by atoms with Crippen LogP contribution in [0.3, 0.4) is 0 Å². The van der Waals surface area contributed by atoms with E-state index in [1.807, 2.05) is 12.3 Å². The van der Waals surface area contributed by atoms with Crippen LogP contribution in [0.1, 0.15) is 32.0 Å². The van der Waals surface area contributed by atoms with Crippen molar-refractivity contribution < 1.29 is 13.2 Å². The maximum Gasteiger partial charge on any atom is 0.153 e. The highest BCUT2D eigenvalue weighted by molar-refractivity contribution is 7.91. The Labute approximate surface area is 141 Å². The molecule has 2 saturated heterocycles. The number of aromatic nitrogens is 3. The lowest BCUT2D eigenvalue weighted by Gasteiger charge is -2.40. The van der Waals surface area contributed by atoms with E-state index in [4.69, 9.17) is 9.72 Å². The van der Waals surface area contributed by atoms with Crippen LogP contribution in [0, 0.1) is 0 Å². The van der Waals surface area contributed by atoms with Crippen LogP contribution >= 0.6 is 0 Å². The Bertz CT molecular complexity index is 877. The molecule has 8 heteroatoms. The van der Waals surface area contributed by atoms with Crippen molar-refractivity contribution >= 4 is 26.7 Å². The number of aromatic amines is 1. The average Bonchev–Trinajstić information content (AvgIpc) is 3.10. The molecule has 0 aliphatic carbocycles. The monoisotopic (exact) mass is 350 g/mol. The Morgan fingerprint density at radius 3 is 2.92 bits per heavy atom. The second-order valence-corrected chi connectivity index (χ2v) is 9.28.